The van der Waals surface area contributed by atoms with E-state index in [9.17, 15) is 8.42 Å². The first-order valence-corrected chi connectivity index (χ1v) is 9.58. The molecule has 3 rings (SSSR count). The first kappa shape index (κ1) is 15.8. The van der Waals surface area contributed by atoms with Crippen LogP contribution in [-0.2, 0) is 10.0 Å². The van der Waals surface area contributed by atoms with Gasteiger partial charge < -0.3 is 4.74 Å². The fraction of sp³-hybridized carbons (Fsp3) is 0.625. The lowest BCUT2D eigenvalue weighted by atomic mass is 10.00. The van der Waals surface area contributed by atoms with Gasteiger partial charge in [0.05, 0.1) is 11.5 Å². The molecule has 0 aromatic heterocycles. The monoisotopic (exact) mass is 324 g/mol. The molecule has 5 nitrogen and oxygen atoms in total. The molecular weight excluding hydrogens is 300 g/mol. The van der Waals surface area contributed by atoms with Crippen LogP contribution in [0.4, 0.5) is 0 Å². The Kier molecular flexibility index (Phi) is 4.70. The molecule has 0 amide bonds. The predicted octanol–water partition coefficient (Wildman–Crippen LogP) is 1.99. The molecule has 2 heterocycles. The molecule has 2 atom stereocenters. The molecule has 2 saturated heterocycles. The van der Waals surface area contributed by atoms with Gasteiger partial charge in [0, 0.05) is 18.6 Å². The van der Waals surface area contributed by atoms with Gasteiger partial charge in [0.1, 0.15) is 5.75 Å². The Hall–Kier alpha value is -1.11. The Morgan fingerprint density at radius 2 is 1.95 bits per heavy atom. The third-order valence-corrected chi connectivity index (χ3v) is 6.11. The Balaban J connectivity index is 1.70. The van der Waals surface area contributed by atoms with Gasteiger partial charge in [-0.1, -0.05) is 6.42 Å². The van der Waals surface area contributed by atoms with Gasteiger partial charge >= 0.3 is 0 Å². The van der Waals surface area contributed by atoms with Crippen molar-refractivity contribution >= 4 is 10.0 Å². The van der Waals surface area contributed by atoms with E-state index in [0.717, 1.165) is 25.9 Å². The Bertz CT molecular complexity index is 600. The minimum atomic E-state index is -3.46. The van der Waals surface area contributed by atoms with Crippen molar-refractivity contribution < 1.29 is 13.2 Å². The van der Waals surface area contributed by atoms with Crippen molar-refractivity contribution in [2.45, 2.75) is 49.6 Å². The van der Waals surface area contributed by atoms with E-state index in [1.807, 2.05) is 6.92 Å². The van der Waals surface area contributed by atoms with Gasteiger partial charge in [0.25, 0.3) is 0 Å². The number of nitrogens with one attached hydrogen (secondary N) is 1. The number of sulfonamides is 1. The van der Waals surface area contributed by atoms with Crippen LogP contribution in [0.3, 0.4) is 0 Å². The molecule has 2 aliphatic heterocycles. The fourth-order valence-corrected chi connectivity index (χ4v) is 4.84. The van der Waals surface area contributed by atoms with Gasteiger partial charge in [0.2, 0.25) is 10.0 Å². The van der Waals surface area contributed by atoms with Crippen LogP contribution in [0.5, 0.6) is 5.75 Å². The summed E-state index contributed by atoms with van der Waals surface area (Å²) in [5, 5.41) is 0. The van der Waals surface area contributed by atoms with Gasteiger partial charge in [-0.2, -0.15) is 0 Å². The van der Waals surface area contributed by atoms with E-state index in [2.05, 4.69) is 9.62 Å². The largest absolute Gasteiger partial charge is 0.494 e. The highest BCUT2D eigenvalue weighted by Crippen LogP contribution is 2.28. The zero-order chi connectivity index (χ0) is 15.6. The number of piperidine rings is 1. The zero-order valence-corrected chi connectivity index (χ0v) is 13.8. The minimum absolute atomic E-state index is 0.0388. The first-order valence-electron chi connectivity index (χ1n) is 8.09. The SMILES string of the molecule is CCOc1ccc(S(=O)(=O)N[C@H]2CCN3CCCC[C@@H]23)cc1. The van der Waals surface area contributed by atoms with Crippen LogP contribution in [-0.4, -0.2) is 45.1 Å². The number of hydrogen-bond donors (Lipinski definition) is 1. The van der Waals surface area contributed by atoms with Crippen LogP contribution in [0, 0.1) is 0 Å². The Morgan fingerprint density at radius 1 is 1.18 bits per heavy atom. The van der Waals surface area contributed by atoms with Crippen LogP contribution in [0.1, 0.15) is 32.6 Å². The van der Waals surface area contributed by atoms with Crippen molar-refractivity contribution in [2.24, 2.45) is 0 Å². The number of benzene rings is 1. The summed E-state index contributed by atoms with van der Waals surface area (Å²) < 4.78 is 33.4. The summed E-state index contributed by atoms with van der Waals surface area (Å²) in [5.74, 6) is 0.695. The summed E-state index contributed by atoms with van der Waals surface area (Å²) in [6.07, 6.45) is 4.43. The maximum Gasteiger partial charge on any atom is 0.240 e. The van der Waals surface area contributed by atoms with Crippen LogP contribution in [0.15, 0.2) is 29.2 Å². The van der Waals surface area contributed by atoms with Gasteiger partial charge in [-0.15, -0.1) is 0 Å². The molecular formula is C16H24N2O3S. The smallest absolute Gasteiger partial charge is 0.240 e. The van der Waals surface area contributed by atoms with Crippen molar-refractivity contribution in [1.82, 2.24) is 9.62 Å². The first-order chi connectivity index (χ1) is 10.6. The molecule has 6 heteroatoms. The molecule has 2 aliphatic rings. The molecule has 122 valence electrons. The normalized spacial score (nSPS) is 25.9. The van der Waals surface area contributed by atoms with Crippen LogP contribution < -0.4 is 9.46 Å². The highest BCUT2D eigenvalue weighted by atomic mass is 32.2. The van der Waals surface area contributed by atoms with Gasteiger partial charge in [0.15, 0.2) is 0 Å². The van der Waals surface area contributed by atoms with Gasteiger partial charge in [-0.3, -0.25) is 4.90 Å². The summed E-state index contributed by atoms with van der Waals surface area (Å²) in [6, 6.07) is 7.05. The average Bonchev–Trinajstić information content (AvgIpc) is 2.91. The second-order valence-electron chi connectivity index (χ2n) is 6.02. The van der Waals surface area contributed by atoms with E-state index in [-0.39, 0.29) is 6.04 Å². The third kappa shape index (κ3) is 3.29. The Morgan fingerprint density at radius 3 is 2.68 bits per heavy atom. The fourth-order valence-electron chi connectivity index (χ4n) is 3.53. The van der Waals surface area contributed by atoms with Crippen molar-refractivity contribution in [2.75, 3.05) is 19.7 Å². The maximum atomic E-state index is 12.6. The molecule has 0 aliphatic carbocycles. The second kappa shape index (κ2) is 6.56. The van der Waals surface area contributed by atoms with Crippen molar-refractivity contribution in [3.63, 3.8) is 0 Å². The van der Waals surface area contributed by atoms with E-state index in [1.54, 1.807) is 24.3 Å². The lowest BCUT2D eigenvalue weighted by molar-refractivity contribution is 0.186. The molecule has 22 heavy (non-hydrogen) atoms. The number of rotatable bonds is 5. The van der Waals surface area contributed by atoms with Crippen LogP contribution in [0.25, 0.3) is 0 Å². The number of ether oxygens (including phenoxy) is 1. The highest BCUT2D eigenvalue weighted by molar-refractivity contribution is 7.89. The minimum Gasteiger partial charge on any atom is -0.494 e. The van der Waals surface area contributed by atoms with Gasteiger partial charge in [-0.05, 0) is 57.0 Å². The molecule has 0 unspecified atom stereocenters. The summed E-state index contributed by atoms with van der Waals surface area (Å²) in [6.45, 7) is 4.58. The van der Waals surface area contributed by atoms with Crippen LogP contribution >= 0.6 is 0 Å². The summed E-state index contributed by atoms with van der Waals surface area (Å²) in [5.41, 5.74) is 0. The van der Waals surface area contributed by atoms with E-state index in [1.165, 1.54) is 12.8 Å². The van der Waals surface area contributed by atoms with E-state index in [4.69, 9.17) is 4.74 Å². The number of nitrogens with zero attached hydrogens (tertiary/aromatic N) is 1. The van der Waals surface area contributed by atoms with E-state index >= 15 is 0 Å². The number of fused-ring (bicyclic) bond motifs is 1. The molecule has 1 aromatic rings. The van der Waals surface area contributed by atoms with E-state index < -0.39 is 10.0 Å². The standard InChI is InChI=1S/C16H24N2O3S/c1-2-21-13-6-8-14(9-7-13)22(19,20)17-15-10-12-18-11-4-3-5-16(15)18/h6-9,15-17H,2-5,10-12H2,1H3/t15-,16-/m0/s1. The molecule has 0 spiro atoms. The molecule has 0 bridgehead atoms. The molecule has 1 N–H and O–H groups in total. The lowest BCUT2D eigenvalue weighted by Gasteiger charge is -2.32. The summed E-state index contributed by atoms with van der Waals surface area (Å²) >= 11 is 0. The third-order valence-electron chi connectivity index (χ3n) is 4.61. The van der Waals surface area contributed by atoms with Crippen molar-refractivity contribution in [3.8, 4) is 5.75 Å². The maximum absolute atomic E-state index is 12.6. The van der Waals surface area contributed by atoms with Crippen molar-refractivity contribution in [3.05, 3.63) is 24.3 Å². The molecule has 1 aromatic carbocycles. The molecule has 0 radical (unpaired) electrons. The zero-order valence-electron chi connectivity index (χ0n) is 13.0. The average molecular weight is 324 g/mol. The quantitative estimate of drug-likeness (QED) is 0.900. The van der Waals surface area contributed by atoms with E-state index in [0.29, 0.717) is 23.3 Å². The number of hydrogen-bond acceptors (Lipinski definition) is 4. The highest BCUT2D eigenvalue weighted by Gasteiger charge is 2.37. The van der Waals surface area contributed by atoms with Gasteiger partial charge in [-0.25, -0.2) is 13.1 Å². The van der Waals surface area contributed by atoms with Crippen molar-refractivity contribution in [1.29, 1.82) is 0 Å². The predicted molar refractivity (Wildman–Crippen MR) is 85.5 cm³/mol. The Labute approximate surface area is 132 Å². The molecule has 2 fully saturated rings. The topological polar surface area (TPSA) is 58.6 Å². The summed E-state index contributed by atoms with van der Waals surface area (Å²) in [7, 11) is -3.46. The molecule has 0 saturated carbocycles. The second-order valence-corrected chi connectivity index (χ2v) is 7.73. The lowest BCUT2D eigenvalue weighted by Crippen LogP contribution is -2.46. The summed E-state index contributed by atoms with van der Waals surface area (Å²) in [4.78, 5) is 2.74. The van der Waals surface area contributed by atoms with Crippen LogP contribution in [0.2, 0.25) is 0 Å².